The van der Waals surface area contributed by atoms with E-state index in [1.807, 2.05) is 34.5 Å². The lowest BCUT2D eigenvalue weighted by atomic mass is 9.84. The Hall–Kier alpha value is -2.01. The maximum absolute atomic E-state index is 12.9. The van der Waals surface area contributed by atoms with Crippen molar-refractivity contribution >= 4 is 23.0 Å². The second kappa shape index (κ2) is 6.71. The number of thiazole rings is 1. The molecule has 2 aromatic rings. The molecule has 0 radical (unpaired) electrons. The predicted molar refractivity (Wildman–Crippen MR) is 98.9 cm³/mol. The van der Waals surface area contributed by atoms with E-state index in [-0.39, 0.29) is 11.7 Å². The standard InChI is InChI=1S/C20H22N2O2S/c1-13(23)16-4-2-3-5-17(16)19-21-18(12-25-19)20(24)22-10-14-6-7-15(11-22)9-8-14/h2-5,12,14-15H,6-11H2,1H3/t14-,15+. The van der Waals surface area contributed by atoms with Crippen LogP contribution in [0.2, 0.25) is 0 Å². The highest BCUT2D eigenvalue weighted by molar-refractivity contribution is 7.13. The zero-order valence-corrected chi connectivity index (χ0v) is 15.2. The molecule has 25 heavy (non-hydrogen) atoms. The van der Waals surface area contributed by atoms with E-state index in [4.69, 9.17) is 0 Å². The van der Waals surface area contributed by atoms with Gasteiger partial charge in [-0.1, -0.05) is 24.3 Å². The van der Waals surface area contributed by atoms with Crippen LogP contribution in [0.25, 0.3) is 10.6 Å². The zero-order valence-electron chi connectivity index (χ0n) is 14.4. The van der Waals surface area contributed by atoms with Gasteiger partial charge in [-0.2, -0.15) is 0 Å². The van der Waals surface area contributed by atoms with E-state index in [2.05, 4.69) is 4.98 Å². The first-order chi connectivity index (χ1) is 12.1. The van der Waals surface area contributed by atoms with Gasteiger partial charge in [0, 0.05) is 29.6 Å². The lowest BCUT2D eigenvalue weighted by Crippen LogP contribution is -2.34. The van der Waals surface area contributed by atoms with E-state index >= 15 is 0 Å². The van der Waals surface area contributed by atoms with Gasteiger partial charge < -0.3 is 4.90 Å². The van der Waals surface area contributed by atoms with E-state index in [9.17, 15) is 9.59 Å². The summed E-state index contributed by atoms with van der Waals surface area (Å²) < 4.78 is 0. The van der Waals surface area contributed by atoms with E-state index in [1.165, 1.54) is 37.0 Å². The van der Waals surface area contributed by atoms with Gasteiger partial charge in [-0.05, 0) is 44.4 Å². The van der Waals surface area contributed by atoms with Crippen LogP contribution in [0.1, 0.15) is 53.5 Å². The molecule has 0 atom stereocenters. The second-order valence-electron chi connectivity index (χ2n) is 7.24. The summed E-state index contributed by atoms with van der Waals surface area (Å²) in [6.45, 7) is 3.30. The molecule has 0 spiro atoms. The number of carbonyl (C=O) groups is 2. The SMILES string of the molecule is CC(=O)c1ccccc1-c1nc(C(=O)N2C[C@H]3CC[C@H](CC3)C2)cs1. The highest BCUT2D eigenvalue weighted by Crippen LogP contribution is 2.35. The smallest absolute Gasteiger partial charge is 0.273 e. The minimum Gasteiger partial charge on any atom is -0.337 e. The fourth-order valence-corrected chi connectivity index (χ4v) is 4.93. The van der Waals surface area contributed by atoms with Crippen molar-refractivity contribution in [1.29, 1.82) is 0 Å². The number of carbonyl (C=O) groups excluding carboxylic acids is 2. The molecule has 1 amide bonds. The zero-order chi connectivity index (χ0) is 17.4. The molecule has 1 aliphatic carbocycles. The van der Waals surface area contributed by atoms with Crippen LogP contribution >= 0.6 is 11.3 Å². The number of benzene rings is 1. The highest BCUT2D eigenvalue weighted by atomic mass is 32.1. The number of aromatic nitrogens is 1. The minimum absolute atomic E-state index is 0.0165. The summed E-state index contributed by atoms with van der Waals surface area (Å²) in [5, 5.41) is 2.58. The monoisotopic (exact) mass is 354 g/mol. The van der Waals surface area contributed by atoms with Gasteiger partial charge in [-0.25, -0.2) is 4.98 Å². The van der Waals surface area contributed by atoms with Crippen LogP contribution in [0.3, 0.4) is 0 Å². The molecule has 3 fully saturated rings. The van der Waals surface area contributed by atoms with Crippen molar-refractivity contribution in [2.75, 3.05) is 13.1 Å². The largest absolute Gasteiger partial charge is 0.337 e. The van der Waals surface area contributed by atoms with E-state index in [0.717, 1.165) is 23.7 Å². The van der Waals surface area contributed by atoms with Gasteiger partial charge in [0.05, 0.1) is 0 Å². The number of hydrogen-bond donors (Lipinski definition) is 0. The van der Waals surface area contributed by atoms with E-state index in [0.29, 0.717) is 23.1 Å². The van der Waals surface area contributed by atoms with Crippen LogP contribution in [-0.4, -0.2) is 34.7 Å². The Balaban J connectivity index is 1.59. The van der Waals surface area contributed by atoms with E-state index in [1.54, 1.807) is 6.92 Å². The third-order valence-corrected chi connectivity index (χ3v) is 6.35. The van der Waals surface area contributed by atoms with Gasteiger partial charge in [0.1, 0.15) is 10.7 Å². The summed E-state index contributed by atoms with van der Waals surface area (Å²) in [7, 11) is 0. The highest BCUT2D eigenvalue weighted by Gasteiger charge is 2.32. The maximum atomic E-state index is 12.9. The average molecular weight is 354 g/mol. The molecule has 5 heteroatoms. The third kappa shape index (κ3) is 3.25. The Morgan fingerprint density at radius 1 is 1.08 bits per heavy atom. The average Bonchev–Trinajstić information content (AvgIpc) is 2.92. The molecule has 2 aliphatic heterocycles. The molecular formula is C20H22N2O2S. The Bertz CT molecular complexity index is 792. The normalized spacial score (nSPS) is 22.7. The van der Waals surface area contributed by atoms with Gasteiger partial charge in [0.25, 0.3) is 5.91 Å². The van der Waals surface area contributed by atoms with Gasteiger partial charge in [0.15, 0.2) is 5.78 Å². The first-order valence-corrected chi connectivity index (χ1v) is 9.85. The second-order valence-corrected chi connectivity index (χ2v) is 8.09. The summed E-state index contributed by atoms with van der Waals surface area (Å²) in [6.07, 6.45) is 5.01. The molecule has 130 valence electrons. The summed E-state index contributed by atoms with van der Waals surface area (Å²) in [5.74, 6) is 1.36. The molecule has 0 N–H and O–H groups in total. The first kappa shape index (κ1) is 16.5. The fourth-order valence-electron chi connectivity index (χ4n) is 4.09. The predicted octanol–water partition coefficient (Wildman–Crippen LogP) is 4.27. The molecule has 1 saturated carbocycles. The molecule has 3 aliphatic rings. The number of rotatable bonds is 3. The van der Waals surface area contributed by atoms with Gasteiger partial charge >= 0.3 is 0 Å². The molecule has 3 heterocycles. The van der Waals surface area contributed by atoms with Crippen LogP contribution in [0.5, 0.6) is 0 Å². The van der Waals surface area contributed by atoms with Crippen LogP contribution in [0, 0.1) is 11.8 Å². The van der Waals surface area contributed by atoms with Crippen molar-refractivity contribution in [2.24, 2.45) is 11.8 Å². The van der Waals surface area contributed by atoms with Crippen LogP contribution in [0.4, 0.5) is 0 Å². The Morgan fingerprint density at radius 2 is 1.72 bits per heavy atom. The van der Waals surface area contributed by atoms with Gasteiger partial charge in [-0.3, -0.25) is 9.59 Å². The Kier molecular flexibility index (Phi) is 4.42. The van der Waals surface area contributed by atoms with Crippen molar-refractivity contribution < 1.29 is 9.59 Å². The third-order valence-electron chi connectivity index (χ3n) is 5.47. The Labute approximate surface area is 151 Å². The first-order valence-electron chi connectivity index (χ1n) is 8.97. The van der Waals surface area contributed by atoms with Crippen LogP contribution < -0.4 is 0 Å². The number of Topliss-reactive ketones (excluding diaryl/α,β-unsaturated/α-hetero) is 1. The lowest BCUT2D eigenvalue weighted by Gasteiger charge is -2.21. The van der Waals surface area contributed by atoms with Crippen LogP contribution in [0.15, 0.2) is 29.6 Å². The van der Waals surface area contributed by atoms with Crippen molar-refractivity contribution in [1.82, 2.24) is 9.88 Å². The minimum atomic E-state index is 0.0165. The van der Waals surface area contributed by atoms with Crippen molar-refractivity contribution in [3.8, 4) is 10.6 Å². The topological polar surface area (TPSA) is 50.3 Å². The molecule has 0 unspecified atom stereocenters. The van der Waals surface area contributed by atoms with Crippen molar-refractivity contribution in [2.45, 2.75) is 32.6 Å². The molecule has 1 aromatic heterocycles. The summed E-state index contributed by atoms with van der Waals surface area (Å²) >= 11 is 1.44. The summed E-state index contributed by atoms with van der Waals surface area (Å²) in [6, 6.07) is 7.47. The van der Waals surface area contributed by atoms with Gasteiger partial charge in [0.2, 0.25) is 0 Å². The number of ketones is 1. The maximum Gasteiger partial charge on any atom is 0.273 e. The molecule has 2 bridgehead atoms. The number of nitrogens with zero attached hydrogens (tertiary/aromatic N) is 2. The van der Waals surface area contributed by atoms with Crippen molar-refractivity contribution in [3.05, 3.63) is 40.9 Å². The number of amides is 1. The molecule has 5 rings (SSSR count). The van der Waals surface area contributed by atoms with Gasteiger partial charge in [-0.15, -0.1) is 11.3 Å². The fraction of sp³-hybridized carbons (Fsp3) is 0.450. The summed E-state index contributed by atoms with van der Waals surface area (Å²) in [4.78, 5) is 31.4. The Morgan fingerprint density at radius 3 is 2.36 bits per heavy atom. The van der Waals surface area contributed by atoms with E-state index < -0.39 is 0 Å². The van der Waals surface area contributed by atoms with Crippen molar-refractivity contribution in [3.63, 3.8) is 0 Å². The lowest BCUT2D eigenvalue weighted by molar-refractivity contribution is 0.0734. The quantitative estimate of drug-likeness (QED) is 0.773. The number of fused-ring (bicyclic) bond motifs is 4. The summed E-state index contributed by atoms with van der Waals surface area (Å²) in [5.41, 5.74) is 1.98. The molecular weight excluding hydrogens is 332 g/mol. The molecule has 2 saturated heterocycles. The molecule has 4 nitrogen and oxygen atoms in total. The number of hydrogen-bond acceptors (Lipinski definition) is 4. The molecule has 1 aromatic carbocycles. The van der Waals surface area contributed by atoms with Crippen LogP contribution in [-0.2, 0) is 0 Å².